The summed E-state index contributed by atoms with van der Waals surface area (Å²) in [6.45, 7) is 2.33. The first-order valence-electron chi connectivity index (χ1n) is 6.89. The first-order chi connectivity index (χ1) is 10.1. The second kappa shape index (κ2) is 6.99. The van der Waals surface area contributed by atoms with Gasteiger partial charge in [0.25, 0.3) is 0 Å². The molecule has 1 heterocycles. The molecule has 0 fully saturated rings. The number of carboxylic acid groups (broad SMARTS) is 1. The van der Waals surface area contributed by atoms with E-state index in [4.69, 9.17) is 9.63 Å². The van der Waals surface area contributed by atoms with Crippen LogP contribution in [0.2, 0.25) is 0 Å². The lowest BCUT2D eigenvalue weighted by molar-refractivity contribution is -0.142. The second-order valence-electron chi connectivity index (χ2n) is 4.98. The van der Waals surface area contributed by atoms with Crippen LogP contribution in [0.1, 0.15) is 19.2 Å². The molecule has 0 aliphatic rings. The number of nitrogens with zero attached hydrogens (tertiary/aromatic N) is 3. The number of benzene rings is 1. The van der Waals surface area contributed by atoms with Crippen molar-refractivity contribution in [2.75, 3.05) is 13.6 Å². The minimum atomic E-state index is -0.818. The maximum Gasteiger partial charge on any atom is 0.320 e. The average Bonchev–Trinajstić information content (AvgIpc) is 2.96. The summed E-state index contributed by atoms with van der Waals surface area (Å²) in [7, 11) is 1.79. The summed E-state index contributed by atoms with van der Waals surface area (Å²) < 4.78 is 5.21. The van der Waals surface area contributed by atoms with E-state index in [1.807, 2.05) is 30.3 Å². The zero-order valence-electron chi connectivity index (χ0n) is 12.2. The maximum atomic E-state index is 10.9. The van der Waals surface area contributed by atoms with E-state index in [9.17, 15) is 4.79 Å². The van der Waals surface area contributed by atoms with Gasteiger partial charge in [0.1, 0.15) is 6.04 Å². The Balaban J connectivity index is 1.85. The predicted octanol–water partition coefficient (Wildman–Crippen LogP) is 2.07. The number of aliphatic carboxylic acids is 1. The Bertz CT molecular complexity index is 583. The summed E-state index contributed by atoms with van der Waals surface area (Å²) in [5, 5.41) is 12.9. The third-order valence-corrected chi connectivity index (χ3v) is 3.42. The fraction of sp³-hybridized carbons (Fsp3) is 0.400. The quantitative estimate of drug-likeness (QED) is 0.840. The van der Waals surface area contributed by atoms with Crippen molar-refractivity contribution in [1.82, 2.24) is 15.0 Å². The fourth-order valence-corrected chi connectivity index (χ4v) is 1.92. The second-order valence-corrected chi connectivity index (χ2v) is 4.98. The predicted molar refractivity (Wildman–Crippen MR) is 77.8 cm³/mol. The minimum absolute atomic E-state index is 0.493. The number of hydrogen-bond acceptors (Lipinski definition) is 5. The molecular formula is C15H19N3O3. The summed E-state index contributed by atoms with van der Waals surface area (Å²) in [6, 6.07) is 9.14. The van der Waals surface area contributed by atoms with Crippen LogP contribution in [0.25, 0.3) is 11.4 Å². The lowest BCUT2D eigenvalue weighted by Gasteiger charge is -2.20. The van der Waals surface area contributed by atoms with Crippen molar-refractivity contribution >= 4 is 5.97 Å². The highest BCUT2D eigenvalue weighted by Crippen LogP contribution is 2.15. The van der Waals surface area contributed by atoms with Crippen LogP contribution in [0.3, 0.4) is 0 Å². The molecule has 2 rings (SSSR count). The molecule has 1 aromatic carbocycles. The van der Waals surface area contributed by atoms with Crippen LogP contribution in [0.5, 0.6) is 0 Å². The molecule has 0 spiro atoms. The minimum Gasteiger partial charge on any atom is -0.480 e. The summed E-state index contributed by atoms with van der Waals surface area (Å²) in [6.07, 6.45) is 1.40. The van der Waals surface area contributed by atoms with Crippen LogP contribution in [0.15, 0.2) is 34.9 Å². The molecule has 1 aromatic heterocycles. The van der Waals surface area contributed by atoms with Gasteiger partial charge in [-0.25, -0.2) is 0 Å². The molecule has 0 radical (unpaired) electrons. The van der Waals surface area contributed by atoms with Gasteiger partial charge in [-0.05, 0) is 26.9 Å². The van der Waals surface area contributed by atoms with Crippen molar-refractivity contribution in [3.8, 4) is 11.4 Å². The number of hydrogen-bond donors (Lipinski definition) is 1. The number of carboxylic acids is 1. The lowest BCUT2D eigenvalue weighted by Crippen LogP contribution is -2.36. The number of aromatic nitrogens is 2. The fourth-order valence-electron chi connectivity index (χ4n) is 1.92. The molecule has 1 unspecified atom stereocenters. The van der Waals surface area contributed by atoms with E-state index in [2.05, 4.69) is 10.1 Å². The van der Waals surface area contributed by atoms with Gasteiger partial charge >= 0.3 is 5.97 Å². The molecule has 21 heavy (non-hydrogen) atoms. The highest BCUT2D eigenvalue weighted by molar-refractivity contribution is 5.72. The summed E-state index contributed by atoms with van der Waals surface area (Å²) >= 11 is 0. The zero-order chi connectivity index (χ0) is 15.2. The summed E-state index contributed by atoms with van der Waals surface area (Å²) in [5.74, 6) is 0.338. The number of aryl methyl sites for hydroxylation is 1. The third-order valence-electron chi connectivity index (χ3n) is 3.42. The van der Waals surface area contributed by atoms with Crippen LogP contribution in [-0.4, -0.2) is 45.8 Å². The van der Waals surface area contributed by atoms with E-state index < -0.39 is 12.0 Å². The van der Waals surface area contributed by atoms with Crippen LogP contribution in [-0.2, 0) is 11.2 Å². The lowest BCUT2D eigenvalue weighted by atomic mass is 10.2. The SMILES string of the molecule is CC(C(=O)O)N(C)CCCc1nc(-c2ccccc2)no1. The Kier molecular flexibility index (Phi) is 5.05. The van der Waals surface area contributed by atoms with Crippen LogP contribution < -0.4 is 0 Å². The van der Waals surface area contributed by atoms with Crippen molar-refractivity contribution in [2.24, 2.45) is 0 Å². The Morgan fingerprint density at radius 1 is 1.38 bits per heavy atom. The largest absolute Gasteiger partial charge is 0.480 e. The molecule has 0 aliphatic heterocycles. The topological polar surface area (TPSA) is 79.5 Å². The van der Waals surface area contributed by atoms with Gasteiger partial charge in [0.15, 0.2) is 0 Å². The van der Waals surface area contributed by atoms with Crippen LogP contribution in [0.4, 0.5) is 0 Å². The Labute approximate surface area is 123 Å². The van der Waals surface area contributed by atoms with Gasteiger partial charge in [0.2, 0.25) is 11.7 Å². The van der Waals surface area contributed by atoms with Crippen molar-refractivity contribution in [3.05, 3.63) is 36.2 Å². The van der Waals surface area contributed by atoms with Gasteiger partial charge < -0.3 is 9.63 Å². The van der Waals surface area contributed by atoms with E-state index in [1.165, 1.54) is 0 Å². The molecule has 0 bridgehead atoms. The zero-order valence-corrected chi connectivity index (χ0v) is 12.2. The molecule has 1 atom stereocenters. The molecule has 0 saturated heterocycles. The molecule has 6 nitrogen and oxygen atoms in total. The molecule has 0 amide bonds. The van der Waals surface area contributed by atoms with Gasteiger partial charge in [0.05, 0.1) is 0 Å². The molecule has 2 aromatic rings. The molecule has 0 aliphatic carbocycles. The summed E-state index contributed by atoms with van der Waals surface area (Å²) in [5.41, 5.74) is 0.920. The van der Waals surface area contributed by atoms with Gasteiger partial charge in [-0.2, -0.15) is 4.98 Å². The van der Waals surface area contributed by atoms with Crippen molar-refractivity contribution in [2.45, 2.75) is 25.8 Å². The molecular weight excluding hydrogens is 270 g/mol. The highest BCUT2D eigenvalue weighted by Gasteiger charge is 2.16. The summed E-state index contributed by atoms with van der Waals surface area (Å²) in [4.78, 5) is 17.0. The van der Waals surface area contributed by atoms with Gasteiger partial charge in [-0.3, -0.25) is 9.69 Å². The number of carbonyl (C=O) groups is 1. The van der Waals surface area contributed by atoms with E-state index in [0.717, 1.165) is 12.0 Å². The monoisotopic (exact) mass is 289 g/mol. The molecule has 0 saturated carbocycles. The maximum absolute atomic E-state index is 10.9. The van der Waals surface area contributed by atoms with Crippen molar-refractivity contribution in [3.63, 3.8) is 0 Å². The van der Waals surface area contributed by atoms with Gasteiger partial charge in [-0.1, -0.05) is 35.5 Å². The van der Waals surface area contributed by atoms with E-state index in [1.54, 1.807) is 18.9 Å². The standard InChI is InChI=1S/C15H19N3O3/c1-11(15(19)20)18(2)10-6-9-13-16-14(17-21-13)12-7-4-3-5-8-12/h3-5,7-8,11H,6,9-10H2,1-2H3,(H,19,20). The number of rotatable bonds is 7. The Hall–Kier alpha value is -2.21. The normalized spacial score (nSPS) is 12.5. The van der Waals surface area contributed by atoms with E-state index >= 15 is 0 Å². The van der Waals surface area contributed by atoms with Crippen LogP contribution in [0, 0.1) is 0 Å². The molecule has 112 valence electrons. The van der Waals surface area contributed by atoms with E-state index in [-0.39, 0.29) is 0 Å². The van der Waals surface area contributed by atoms with E-state index in [0.29, 0.717) is 24.7 Å². The van der Waals surface area contributed by atoms with Gasteiger partial charge in [0, 0.05) is 12.0 Å². The van der Waals surface area contributed by atoms with Crippen molar-refractivity contribution < 1.29 is 14.4 Å². The first-order valence-corrected chi connectivity index (χ1v) is 6.89. The highest BCUT2D eigenvalue weighted by atomic mass is 16.5. The number of likely N-dealkylation sites (N-methyl/N-ethyl adjacent to an activating group) is 1. The average molecular weight is 289 g/mol. The van der Waals surface area contributed by atoms with Crippen molar-refractivity contribution in [1.29, 1.82) is 0 Å². The smallest absolute Gasteiger partial charge is 0.320 e. The Morgan fingerprint density at radius 3 is 2.76 bits per heavy atom. The third kappa shape index (κ3) is 4.13. The van der Waals surface area contributed by atoms with Crippen LogP contribution >= 0.6 is 0 Å². The molecule has 6 heteroatoms. The van der Waals surface area contributed by atoms with Gasteiger partial charge in [-0.15, -0.1) is 0 Å². The first kappa shape index (κ1) is 15.2. The Morgan fingerprint density at radius 2 is 2.10 bits per heavy atom. The molecule has 1 N–H and O–H groups in total.